The molecule has 0 aromatic heterocycles. The first-order valence-electron chi connectivity index (χ1n) is 7.72. The van der Waals surface area contributed by atoms with E-state index in [1.54, 1.807) is 6.92 Å². The Balaban J connectivity index is 2.23. The van der Waals surface area contributed by atoms with E-state index < -0.39 is 0 Å². The highest BCUT2D eigenvalue weighted by Crippen LogP contribution is 2.20. The van der Waals surface area contributed by atoms with Gasteiger partial charge in [-0.3, -0.25) is 4.79 Å². The molecule has 0 unspecified atom stereocenters. The van der Waals surface area contributed by atoms with Crippen LogP contribution in [-0.4, -0.2) is 37.9 Å². The standard InChI is InChI=1S/C20H23NO2/c1-16(22)18-11-9-17(10-12-18)15-20(23-14-13-21(2)3)19-7-5-4-6-8-19/h4-12,15H,13-14H2,1-3H3/b20-15-. The number of hydrogen-bond acceptors (Lipinski definition) is 3. The average molecular weight is 309 g/mol. The lowest BCUT2D eigenvalue weighted by Gasteiger charge is -2.14. The van der Waals surface area contributed by atoms with E-state index in [4.69, 9.17) is 4.74 Å². The van der Waals surface area contributed by atoms with E-state index in [0.29, 0.717) is 6.61 Å². The van der Waals surface area contributed by atoms with E-state index in [2.05, 4.69) is 4.90 Å². The zero-order valence-electron chi connectivity index (χ0n) is 14.0. The van der Waals surface area contributed by atoms with Crippen molar-refractivity contribution in [1.82, 2.24) is 4.90 Å². The number of likely N-dealkylation sites (N-methyl/N-ethyl adjacent to an activating group) is 1. The van der Waals surface area contributed by atoms with Crippen LogP contribution in [0.3, 0.4) is 0 Å². The second-order valence-corrected chi connectivity index (χ2v) is 5.70. The first-order chi connectivity index (χ1) is 11.1. The van der Waals surface area contributed by atoms with Crippen molar-refractivity contribution in [2.45, 2.75) is 6.92 Å². The van der Waals surface area contributed by atoms with E-state index in [0.717, 1.165) is 29.0 Å². The van der Waals surface area contributed by atoms with Crippen molar-refractivity contribution in [3.63, 3.8) is 0 Å². The molecule has 0 N–H and O–H groups in total. The van der Waals surface area contributed by atoms with E-state index in [1.807, 2.05) is 74.8 Å². The predicted molar refractivity (Wildman–Crippen MR) is 95.3 cm³/mol. The van der Waals surface area contributed by atoms with Crippen LogP contribution in [0.4, 0.5) is 0 Å². The second kappa shape index (κ2) is 8.30. The summed E-state index contributed by atoms with van der Waals surface area (Å²) >= 11 is 0. The summed E-state index contributed by atoms with van der Waals surface area (Å²) in [5.41, 5.74) is 2.78. The van der Waals surface area contributed by atoms with Crippen LogP contribution in [0.5, 0.6) is 0 Å². The molecule has 0 fully saturated rings. The van der Waals surface area contributed by atoms with Gasteiger partial charge in [-0.2, -0.15) is 0 Å². The summed E-state index contributed by atoms with van der Waals surface area (Å²) in [4.78, 5) is 13.4. The van der Waals surface area contributed by atoms with Crippen LogP contribution >= 0.6 is 0 Å². The molecular weight excluding hydrogens is 286 g/mol. The summed E-state index contributed by atoms with van der Waals surface area (Å²) in [6, 6.07) is 17.6. The highest BCUT2D eigenvalue weighted by molar-refractivity contribution is 5.94. The number of ether oxygens (including phenoxy) is 1. The Kier molecular flexibility index (Phi) is 6.12. The molecule has 0 radical (unpaired) electrons. The fourth-order valence-corrected chi connectivity index (χ4v) is 2.11. The van der Waals surface area contributed by atoms with Crippen molar-refractivity contribution >= 4 is 17.6 Å². The van der Waals surface area contributed by atoms with Gasteiger partial charge in [0.05, 0.1) is 0 Å². The third-order valence-corrected chi connectivity index (χ3v) is 3.47. The number of ketones is 1. The van der Waals surface area contributed by atoms with Gasteiger partial charge in [0.25, 0.3) is 0 Å². The molecule has 120 valence electrons. The number of hydrogen-bond donors (Lipinski definition) is 0. The molecule has 0 aliphatic heterocycles. The van der Waals surface area contributed by atoms with Crippen LogP contribution in [0.2, 0.25) is 0 Å². The lowest BCUT2D eigenvalue weighted by molar-refractivity contribution is 0.101. The van der Waals surface area contributed by atoms with E-state index in [1.165, 1.54) is 0 Å². The Morgan fingerprint density at radius 2 is 1.65 bits per heavy atom. The minimum atomic E-state index is 0.0750. The molecule has 0 saturated heterocycles. The molecule has 0 saturated carbocycles. The molecule has 0 amide bonds. The molecule has 0 aliphatic rings. The number of Topliss-reactive ketones (excluding diaryl/α,β-unsaturated/α-hetero) is 1. The molecule has 2 rings (SSSR count). The highest BCUT2D eigenvalue weighted by Gasteiger charge is 2.04. The summed E-state index contributed by atoms with van der Waals surface area (Å²) in [7, 11) is 4.05. The van der Waals surface area contributed by atoms with Gasteiger partial charge in [-0.1, -0.05) is 54.6 Å². The third-order valence-electron chi connectivity index (χ3n) is 3.47. The predicted octanol–water partition coefficient (Wildman–Crippen LogP) is 3.97. The largest absolute Gasteiger partial charge is 0.492 e. The SMILES string of the molecule is CC(=O)c1ccc(/C=C(\OCCN(C)C)c2ccccc2)cc1. The summed E-state index contributed by atoms with van der Waals surface area (Å²) in [5, 5.41) is 0. The second-order valence-electron chi connectivity index (χ2n) is 5.70. The number of benzene rings is 2. The number of carbonyl (C=O) groups excluding carboxylic acids is 1. The lowest BCUT2D eigenvalue weighted by atomic mass is 10.1. The molecule has 0 aliphatic carbocycles. The molecule has 0 atom stereocenters. The quantitative estimate of drug-likeness (QED) is 0.440. The van der Waals surface area contributed by atoms with Crippen molar-refractivity contribution in [3.8, 4) is 0 Å². The van der Waals surface area contributed by atoms with Crippen molar-refractivity contribution in [2.75, 3.05) is 27.2 Å². The Morgan fingerprint density at radius 3 is 2.22 bits per heavy atom. The molecule has 0 bridgehead atoms. The molecule has 0 spiro atoms. The Bertz CT molecular complexity index is 658. The fourth-order valence-electron chi connectivity index (χ4n) is 2.11. The highest BCUT2D eigenvalue weighted by atomic mass is 16.5. The zero-order chi connectivity index (χ0) is 16.7. The van der Waals surface area contributed by atoms with Crippen molar-refractivity contribution < 1.29 is 9.53 Å². The lowest BCUT2D eigenvalue weighted by Crippen LogP contribution is -2.17. The van der Waals surface area contributed by atoms with Gasteiger partial charge in [0.2, 0.25) is 0 Å². The van der Waals surface area contributed by atoms with Crippen molar-refractivity contribution in [1.29, 1.82) is 0 Å². The van der Waals surface area contributed by atoms with Gasteiger partial charge >= 0.3 is 0 Å². The van der Waals surface area contributed by atoms with Crippen LogP contribution < -0.4 is 0 Å². The van der Waals surface area contributed by atoms with E-state index >= 15 is 0 Å². The number of rotatable bonds is 7. The van der Waals surface area contributed by atoms with Gasteiger partial charge in [-0.25, -0.2) is 0 Å². The minimum Gasteiger partial charge on any atom is -0.492 e. The first kappa shape index (κ1) is 17.0. The fraction of sp³-hybridized carbons (Fsp3) is 0.250. The van der Waals surface area contributed by atoms with Crippen LogP contribution in [0.15, 0.2) is 54.6 Å². The molecule has 0 heterocycles. The Morgan fingerprint density at radius 1 is 1.00 bits per heavy atom. The number of nitrogens with zero attached hydrogens (tertiary/aromatic N) is 1. The maximum Gasteiger partial charge on any atom is 0.159 e. The summed E-state index contributed by atoms with van der Waals surface area (Å²) in [6.45, 7) is 3.05. The maximum absolute atomic E-state index is 11.4. The normalized spacial score (nSPS) is 11.6. The van der Waals surface area contributed by atoms with Gasteiger partial charge < -0.3 is 9.64 Å². The molecular formula is C20H23NO2. The van der Waals surface area contributed by atoms with Crippen LogP contribution in [0.1, 0.15) is 28.4 Å². The smallest absolute Gasteiger partial charge is 0.159 e. The number of carbonyl (C=O) groups is 1. The Hall–Kier alpha value is -2.39. The molecule has 2 aromatic carbocycles. The van der Waals surface area contributed by atoms with E-state index in [-0.39, 0.29) is 5.78 Å². The van der Waals surface area contributed by atoms with E-state index in [9.17, 15) is 4.79 Å². The molecule has 2 aromatic rings. The van der Waals surface area contributed by atoms with Crippen LogP contribution in [0.25, 0.3) is 11.8 Å². The molecule has 23 heavy (non-hydrogen) atoms. The summed E-state index contributed by atoms with van der Waals surface area (Å²) in [6.07, 6.45) is 2.01. The van der Waals surface area contributed by atoms with Crippen LogP contribution in [-0.2, 0) is 4.74 Å². The minimum absolute atomic E-state index is 0.0750. The summed E-state index contributed by atoms with van der Waals surface area (Å²) < 4.78 is 5.97. The summed E-state index contributed by atoms with van der Waals surface area (Å²) in [5.74, 6) is 0.911. The van der Waals surface area contributed by atoms with Gasteiger partial charge in [0, 0.05) is 17.7 Å². The first-order valence-corrected chi connectivity index (χ1v) is 7.72. The molecule has 3 heteroatoms. The van der Waals surface area contributed by atoms with Crippen molar-refractivity contribution in [3.05, 3.63) is 71.3 Å². The third kappa shape index (κ3) is 5.38. The van der Waals surface area contributed by atoms with Gasteiger partial charge in [-0.15, -0.1) is 0 Å². The van der Waals surface area contributed by atoms with Gasteiger partial charge in [0.1, 0.15) is 12.4 Å². The van der Waals surface area contributed by atoms with Gasteiger partial charge in [-0.05, 0) is 32.7 Å². The van der Waals surface area contributed by atoms with Crippen molar-refractivity contribution in [2.24, 2.45) is 0 Å². The monoisotopic (exact) mass is 309 g/mol. The van der Waals surface area contributed by atoms with Crippen LogP contribution in [0, 0.1) is 0 Å². The molecule has 3 nitrogen and oxygen atoms in total. The zero-order valence-corrected chi connectivity index (χ0v) is 14.0. The maximum atomic E-state index is 11.4. The Labute approximate surface area is 138 Å². The average Bonchev–Trinajstić information content (AvgIpc) is 2.55. The topological polar surface area (TPSA) is 29.5 Å². The van der Waals surface area contributed by atoms with Gasteiger partial charge in [0.15, 0.2) is 5.78 Å².